The number of ketones is 1. The van der Waals surface area contributed by atoms with Gasteiger partial charge in [0.05, 0.1) is 12.6 Å². The number of hydrogen-bond acceptors (Lipinski definition) is 4. The van der Waals surface area contributed by atoms with E-state index < -0.39 is 0 Å². The largest absolute Gasteiger partial charge is 0.377 e. The van der Waals surface area contributed by atoms with Gasteiger partial charge in [0, 0.05) is 30.9 Å². The second-order valence-electron chi connectivity index (χ2n) is 6.98. The van der Waals surface area contributed by atoms with Crippen LogP contribution in [0.2, 0.25) is 0 Å². The van der Waals surface area contributed by atoms with Crippen molar-refractivity contribution in [1.29, 1.82) is 0 Å². The fraction of sp³-hybridized carbons (Fsp3) is 0.364. The van der Waals surface area contributed by atoms with Gasteiger partial charge < -0.3 is 10.1 Å². The van der Waals surface area contributed by atoms with E-state index in [4.69, 9.17) is 4.74 Å². The van der Waals surface area contributed by atoms with Crippen LogP contribution in [0.15, 0.2) is 54.6 Å². The van der Waals surface area contributed by atoms with E-state index in [1.54, 1.807) is 24.3 Å². The Balaban J connectivity index is 1.63. The lowest BCUT2D eigenvalue weighted by Gasteiger charge is -2.24. The van der Waals surface area contributed by atoms with E-state index in [9.17, 15) is 9.59 Å². The van der Waals surface area contributed by atoms with Crippen LogP contribution < -0.4 is 5.32 Å². The molecular weight excluding hydrogens is 340 g/mol. The summed E-state index contributed by atoms with van der Waals surface area (Å²) >= 11 is 0. The number of rotatable bonds is 8. The summed E-state index contributed by atoms with van der Waals surface area (Å²) in [5, 5.41) is 2.90. The van der Waals surface area contributed by atoms with Gasteiger partial charge in [-0.15, -0.1) is 0 Å². The van der Waals surface area contributed by atoms with Crippen molar-refractivity contribution in [2.45, 2.75) is 32.4 Å². The highest BCUT2D eigenvalue weighted by molar-refractivity contribution is 5.97. The van der Waals surface area contributed by atoms with Gasteiger partial charge in [-0.2, -0.15) is 0 Å². The molecule has 5 heteroatoms. The summed E-state index contributed by atoms with van der Waals surface area (Å²) in [4.78, 5) is 26.2. The summed E-state index contributed by atoms with van der Waals surface area (Å²) in [7, 11) is 0. The van der Waals surface area contributed by atoms with Gasteiger partial charge in [0.1, 0.15) is 0 Å². The molecule has 5 nitrogen and oxygen atoms in total. The van der Waals surface area contributed by atoms with Gasteiger partial charge in [0.15, 0.2) is 5.78 Å². The fourth-order valence-corrected chi connectivity index (χ4v) is 3.32. The Morgan fingerprint density at radius 3 is 2.67 bits per heavy atom. The van der Waals surface area contributed by atoms with Crippen LogP contribution in [0.1, 0.15) is 35.7 Å². The van der Waals surface area contributed by atoms with E-state index in [1.807, 2.05) is 18.2 Å². The van der Waals surface area contributed by atoms with E-state index in [0.29, 0.717) is 17.8 Å². The first-order chi connectivity index (χ1) is 13.1. The Kier molecular flexibility index (Phi) is 6.74. The summed E-state index contributed by atoms with van der Waals surface area (Å²) < 4.78 is 5.75. The number of carbonyl (C=O) groups excluding carboxylic acids is 2. The molecule has 1 saturated heterocycles. The number of amides is 1. The van der Waals surface area contributed by atoms with Gasteiger partial charge in [-0.05, 0) is 37.5 Å². The average molecular weight is 366 g/mol. The SMILES string of the molecule is CC(=O)c1cccc(NC(=O)CN(Cc2ccccc2)CC2CCCO2)c1. The number of carbonyl (C=O) groups is 2. The number of ether oxygens (including phenoxy) is 1. The lowest BCUT2D eigenvalue weighted by Crippen LogP contribution is -2.37. The number of Topliss-reactive ketones (excluding diaryl/α,β-unsaturated/α-hetero) is 1. The summed E-state index contributed by atoms with van der Waals surface area (Å²) in [5.74, 6) is -0.111. The molecule has 1 aliphatic rings. The van der Waals surface area contributed by atoms with Crippen molar-refractivity contribution in [2.24, 2.45) is 0 Å². The highest BCUT2D eigenvalue weighted by Crippen LogP contribution is 2.16. The predicted molar refractivity (Wildman–Crippen MR) is 106 cm³/mol. The average Bonchev–Trinajstić information content (AvgIpc) is 3.15. The molecule has 1 fully saturated rings. The zero-order chi connectivity index (χ0) is 19.1. The molecule has 1 heterocycles. The van der Waals surface area contributed by atoms with E-state index in [2.05, 4.69) is 22.3 Å². The highest BCUT2D eigenvalue weighted by Gasteiger charge is 2.21. The second kappa shape index (κ2) is 9.44. The first-order valence-corrected chi connectivity index (χ1v) is 9.39. The van der Waals surface area contributed by atoms with Crippen LogP contribution in [-0.4, -0.2) is 42.4 Å². The lowest BCUT2D eigenvalue weighted by molar-refractivity contribution is -0.117. The highest BCUT2D eigenvalue weighted by atomic mass is 16.5. The van der Waals surface area contributed by atoms with Gasteiger partial charge >= 0.3 is 0 Å². The Hall–Kier alpha value is -2.50. The molecule has 1 aliphatic heterocycles. The topological polar surface area (TPSA) is 58.6 Å². The first kappa shape index (κ1) is 19.3. The molecule has 27 heavy (non-hydrogen) atoms. The van der Waals surface area contributed by atoms with E-state index in [-0.39, 0.29) is 24.3 Å². The number of nitrogens with zero attached hydrogens (tertiary/aromatic N) is 1. The third-order valence-corrected chi connectivity index (χ3v) is 4.65. The third-order valence-electron chi connectivity index (χ3n) is 4.65. The molecular formula is C22H26N2O3. The van der Waals surface area contributed by atoms with Crippen LogP contribution >= 0.6 is 0 Å². The van der Waals surface area contributed by atoms with Crippen LogP contribution in [0.4, 0.5) is 5.69 Å². The minimum absolute atomic E-state index is 0.0183. The van der Waals surface area contributed by atoms with Crippen molar-refractivity contribution in [3.05, 3.63) is 65.7 Å². The number of anilines is 1. The zero-order valence-corrected chi connectivity index (χ0v) is 15.7. The molecule has 1 unspecified atom stereocenters. The van der Waals surface area contributed by atoms with Crippen LogP contribution in [0.25, 0.3) is 0 Å². The molecule has 0 spiro atoms. The lowest BCUT2D eigenvalue weighted by atomic mass is 10.1. The normalized spacial score (nSPS) is 16.4. The fourth-order valence-electron chi connectivity index (χ4n) is 3.32. The van der Waals surface area contributed by atoms with Gasteiger partial charge in [0.25, 0.3) is 0 Å². The van der Waals surface area contributed by atoms with E-state index in [0.717, 1.165) is 26.0 Å². The Bertz CT molecular complexity index is 770. The van der Waals surface area contributed by atoms with E-state index >= 15 is 0 Å². The Labute approximate surface area is 160 Å². The minimum Gasteiger partial charge on any atom is -0.377 e. The van der Waals surface area contributed by atoms with Crippen molar-refractivity contribution in [2.75, 3.05) is 25.0 Å². The van der Waals surface area contributed by atoms with Gasteiger partial charge in [-0.25, -0.2) is 0 Å². The molecule has 0 bridgehead atoms. The quantitative estimate of drug-likeness (QED) is 0.727. The van der Waals surface area contributed by atoms with E-state index in [1.165, 1.54) is 12.5 Å². The maximum atomic E-state index is 12.6. The minimum atomic E-state index is -0.0929. The molecule has 0 aliphatic carbocycles. The summed E-state index contributed by atoms with van der Waals surface area (Å²) in [6, 6.07) is 17.2. The molecule has 1 amide bonds. The maximum absolute atomic E-state index is 12.6. The second-order valence-corrected chi connectivity index (χ2v) is 6.98. The first-order valence-electron chi connectivity index (χ1n) is 9.39. The number of nitrogens with one attached hydrogen (secondary N) is 1. The molecule has 2 aromatic rings. The maximum Gasteiger partial charge on any atom is 0.238 e. The van der Waals surface area contributed by atoms with Crippen LogP contribution in [-0.2, 0) is 16.1 Å². The number of hydrogen-bond donors (Lipinski definition) is 1. The number of benzene rings is 2. The zero-order valence-electron chi connectivity index (χ0n) is 15.7. The molecule has 3 rings (SSSR count). The van der Waals surface area contributed by atoms with Crippen molar-refractivity contribution in [3.8, 4) is 0 Å². The van der Waals surface area contributed by atoms with Crippen LogP contribution in [0.3, 0.4) is 0 Å². The van der Waals surface area contributed by atoms with Gasteiger partial charge in [-0.3, -0.25) is 14.5 Å². The standard InChI is InChI=1S/C22H26N2O3/c1-17(25)19-9-5-10-20(13-19)23-22(26)16-24(15-21-11-6-12-27-21)14-18-7-3-2-4-8-18/h2-5,7-10,13,21H,6,11-12,14-16H2,1H3,(H,23,26). The van der Waals surface area contributed by atoms with Crippen LogP contribution in [0, 0.1) is 0 Å². The molecule has 1 atom stereocenters. The Morgan fingerprint density at radius 1 is 1.15 bits per heavy atom. The molecule has 142 valence electrons. The molecule has 1 N–H and O–H groups in total. The van der Waals surface area contributed by atoms with Crippen molar-refractivity contribution < 1.29 is 14.3 Å². The molecule has 0 saturated carbocycles. The summed E-state index contributed by atoms with van der Waals surface area (Å²) in [6.45, 7) is 4.02. The predicted octanol–water partition coefficient (Wildman–Crippen LogP) is 3.51. The van der Waals surface area contributed by atoms with Crippen molar-refractivity contribution in [3.63, 3.8) is 0 Å². The van der Waals surface area contributed by atoms with Crippen molar-refractivity contribution in [1.82, 2.24) is 4.90 Å². The molecule has 0 radical (unpaired) electrons. The third kappa shape index (κ3) is 6.01. The molecule has 2 aromatic carbocycles. The smallest absolute Gasteiger partial charge is 0.238 e. The van der Waals surface area contributed by atoms with Crippen LogP contribution in [0.5, 0.6) is 0 Å². The van der Waals surface area contributed by atoms with Crippen molar-refractivity contribution >= 4 is 17.4 Å². The van der Waals surface area contributed by atoms with Gasteiger partial charge in [0.2, 0.25) is 5.91 Å². The summed E-state index contributed by atoms with van der Waals surface area (Å²) in [6.07, 6.45) is 2.30. The Morgan fingerprint density at radius 2 is 1.96 bits per heavy atom. The molecule has 0 aromatic heterocycles. The monoisotopic (exact) mass is 366 g/mol. The summed E-state index contributed by atoms with van der Waals surface area (Å²) in [5.41, 5.74) is 2.40. The van der Waals surface area contributed by atoms with Gasteiger partial charge in [-0.1, -0.05) is 42.5 Å².